The summed E-state index contributed by atoms with van der Waals surface area (Å²) in [6.45, 7) is 4.90. The Morgan fingerprint density at radius 2 is 1.03 bits per heavy atom. The molecule has 0 spiro atoms. The van der Waals surface area contributed by atoms with Crippen molar-refractivity contribution in [2.45, 2.75) is 136 Å². The van der Waals surface area contributed by atoms with Crippen LogP contribution in [0.2, 0.25) is 0 Å². The van der Waals surface area contributed by atoms with Gasteiger partial charge in [0.15, 0.2) is 12.2 Å². The quantitative estimate of drug-likeness (QED) is 0.138. The Bertz CT molecular complexity index is 469. The van der Waals surface area contributed by atoms with Crippen LogP contribution in [-0.4, -0.2) is 73.0 Å². The van der Waals surface area contributed by atoms with Gasteiger partial charge in [-0.2, -0.15) is 0 Å². The van der Waals surface area contributed by atoms with Crippen LogP contribution in [0.3, 0.4) is 0 Å². The molecule has 0 saturated carbocycles. The van der Waals surface area contributed by atoms with Crippen LogP contribution in [0.25, 0.3) is 0 Å². The topological polar surface area (TPSA) is 89.9 Å². The van der Waals surface area contributed by atoms with Gasteiger partial charge in [0, 0.05) is 44.2 Å². The molecule has 0 fully saturated rings. The maximum Gasteiger partial charge on any atom is 0.347 e. The van der Waals surface area contributed by atoms with Gasteiger partial charge in [0.05, 0.1) is 0 Å². The molecule has 6 nitrogen and oxygen atoms in total. The van der Waals surface area contributed by atoms with E-state index in [1.54, 1.807) is 0 Å². The van der Waals surface area contributed by atoms with E-state index in [-0.39, 0.29) is 44.2 Å². The van der Waals surface area contributed by atoms with E-state index in [1.807, 2.05) is 0 Å². The maximum absolute atomic E-state index is 11.8. The van der Waals surface area contributed by atoms with Gasteiger partial charge < -0.3 is 14.6 Å². The second-order valence-corrected chi connectivity index (χ2v) is 8.25. The predicted octanol–water partition coefficient (Wildman–Crippen LogP) is 5.82. The van der Waals surface area contributed by atoms with Crippen LogP contribution < -0.4 is 0 Å². The summed E-state index contributed by atoms with van der Waals surface area (Å²) in [5.41, 5.74) is 0. The number of ether oxygens (including phenoxy) is 2. The third kappa shape index (κ3) is 21.3. The van der Waals surface area contributed by atoms with Gasteiger partial charge in [-0.25, -0.2) is 9.59 Å². The minimum absolute atomic E-state index is 0. The predicted molar refractivity (Wildman–Crippen MR) is 124 cm³/mol. The number of esters is 2. The van der Waals surface area contributed by atoms with Gasteiger partial charge in [-0.15, -0.1) is 0 Å². The Morgan fingerprint density at radius 1 is 0.645 bits per heavy atom. The third-order valence-electron chi connectivity index (χ3n) is 5.27. The molecule has 2 radical (unpaired) electrons. The second kappa shape index (κ2) is 22.8. The Balaban J connectivity index is 0. The Morgan fingerprint density at radius 3 is 1.42 bits per heavy atom. The average Bonchev–Trinajstić information content (AvgIpc) is 2.70. The molecule has 0 aromatic heterocycles. The van der Waals surface area contributed by atoms with Crippen LogP contribution >= 0.6 is 0 Å². The molecule has 178 valence electrons. The normalized spacial score (nSPS) is 12.5. The molecule has 0 aromatic rings. The van der Waals surface area contributed by atoms with Crippen molar-refractivity contribution in [1.29, 1.82) is 0 Å². The summed E-state index contributed by atoms with van der Waals surface area (Å²) in [6.07, 6.45) is 16.8. The number of carbonyl (C=O) groups excluding carboxylic acids is 2. The SMILES string of the molecule is CCCCCCCCCCCCCCCCCC(=O)OC(C)C(=O)OC(C)C(=O)O.[Ca]. The van der Waals surface area contributed by atoms with Crippen molar-refractivity contribution in [2.24, 2.45) is 0 Å². The molecular weight excluding hydrogens is 424 g/mol. The summed E-state index contributed by atoms with van der Waals surface area (Å²) in [5, 5.41) is 8.71. The average molecular weight is 469 g/mol. The molecule has 31 heavy (non-hydrogen) atoms. The number of carboxylic acid groups (broad SMARTS) is 1. The van der Waals surface area contributed by atoms with Gasteiger partial charge in [0.25, 0.3) is 0 Å². The van der Waals surface area contributed by atoms with E-state index in [2.05, 4.69) is 11.7 Å². The van der Waals surface area contributed by atoms with Crippen LogP contribution in [0.4, 0.5) is 0 Å². The molecule has 0 aliphatic rings. The summed E-state index contributed by atoms with van der Waals surface area (Å²) >= 11 is 0. The first-order valence-corrected chi connectivity index (χ1v) is 12.0. The molecule has 0 saturated heterocycles. The fourth-order valence-electron chi connectivity index (χ4n) is 3.27. The zero-order valence-corrected chi connectivity index (χ0v) is 22.4. The molecule has 0 aliphatic heterocycles. The van der Waals surface area contributed by atoms with Crippen LogP contribution in [0.5, 0.6) is 0 Å². The summed E-state index contributed by atoms with van der Waals surface area (Å²) in [4.78, 5) is 34.1. The summed E-state index contributed by atoms with van der Waals surface area (Å²) in [6, 6.07) is 0. The van der Waals surface area contributed by atoms with Crippen molar-refractivity contribution >= 4 is 55.6 Å². The van der Waals surface area contributed by atoms with Crippen molar-refractivity contribution in [3.8, 4) is 0 Å². The Kier molecular flexibility index (Phi) is 24.2. The molecule has 2 unspecified atom stereocenters. The largest absolute Gasteiger partial charge is 0.479 e. The van der Waals surface area contributed by atoms with Crippen molar-refractivity contribution in [1.82, 2.24) is 0 Å². The summed E-state index contributed by atoms with van der Waals surface area (Å²) < 4.78 is 9.70. The number of hydrogen-bond acceptors (Lipinski definition) is 5. The maximum atomic E-state index is 11.8. The van der Waals surface area contributed by atoms with Gasteiger partial charge in [-0.3, -0.25) is 4.79 Å². The van der Waals surface area contributed by atoms with Gasteiger partial charge in [0.1, 0.15) is 0 Å². The Labute approximate surface area is 219 Å². The molecule has 0 rings (SSSR count). The van der Waals surface area contributed by atoms with Crippen LogP contribution in [0, 0.1) is 0 Å². The fraction of sp³-hybridized carbons (Fsp3) is 0.875. The van der Waals surface area contributed by atoms with E-state index in [1.165, 1.54) is 90.9 Å². The molecule has 1 N–H and O–H groups in total. The number of rotatable bonds is 20. The third-order valence-corrected chi connectivity index (χ3v) is 5.27. The molecule has 7 heteroatoms. The zero-order valence-electron chi connectivity index (χ0n) is 20.2. The smallest absolute Gasteiger partial charge is 0.347 e. The van der Waals surface area contributed by atoms with Crippen molar-refractivity contribution in [3.63, 3.8) is 0 Å². The van der Waals surface area contributed by atoms with E-state index >= 15 is 0 Å². The van der Waals surface area contributed by atoms with Crippen LogP contribution in [0.1, 0.15) is 124 Å². The van der Waals surface area contributed by atoms with E-state index in [4.69, 9.17) is 9.84 Å². The van der Waals surface area contributed by atoms with Gasteiger partial charge in [0.2, 0.25) is 0 Å². The molecule has 0 bridgehead atoms. The summed E-state index contributed by atoms with van der Waals surface area (Å²) in [5.74, 6) is -2.52. The molecule has 0 heterocycles. The van der Waals surface area contributed by atoms with Crippen LogP contribution in [0.15, 0.2) is 0 Å². The number of unbranched alkanes of at least 4 members (excludes halogenated alkanes) is 14. The first kappa shape index (κ1) is 32.8. The first-order chi connectivity index (χ1) is 14.4. The Hall–Kier alpha value is -0.330. The van der Waals surface area contributed by atoms with Gasteiger partial charge in [-0.1, -0.05) is 96.8 Å². The van der Waals surface area contributed by atoms with Gasteiger partial charge >= 0.3 is 17.9 Å². The molecular formula is C24H44CaO6. The van der Waals surface area contributed by atoms with Gasteiger partial charge in [-0.05, 0) is 20.3 Å². The monoisotopic (exact) mass is 468 g/mol. The zero-order chi connectivity index (χ0) is 22.6. The minimum Gasteiger partial charge on any atom is -0.479 e. The van der Waals surface area contributed by atoms with E-state index in [9.17, 15) is 14.4 Å². The second-order valence-electron chi connectivity index (χ2n) is 8.25. The molecule has 0 aliphatic carbocycles. The standard InChI is InChI=1S/C24H44O6.Ca/c1-4-5-6-7-8-9-10-11-12-13-14-15-16-17-18-19-22(25)29-21(3)24(28)30-20(2)23(26)27;/h20-21H,4-19H2,1-3H3,(H,26,27);. The molecule has 2 atom stereocenters. The number of hydrogen-bond donors (Lipinski definition) is 1. The fourth-order valence-corrected chi connectivity index (χ4v) is 3.27. The van der Waals surface area contributed by atoms with E-state index < -0.39 is 30.1 Å². The van der Waals surface area contributed by atoms with Crippen molar-refractivity contribution in [2.75, 3.05) is 0 Å². The first-order valence-electron chi connectivity index (χ1n) is 12.0. The van der Waals surface area contributed by atoms with E-state index in [0.717, 1.165) is 19.3 Å². The number of carboxylic acids is 1. The molecule has 0 amide bonds. The van der Waals surface area contributed by atoms with Crippen molar-refractivity contribution < 1.29 is 29.0 Å². The summed E-state index contributed by atoms with van der Waals surface area (Å²) in [7, 11) is 0. The molecule has 0 aromatic carbocycles. The van der Waals surface area contributed by atoms with Crippen LogP contribution in [-0.2, 0) is 23.9 Å². The number of carbonyl (C=O) groups is 3. The van der Waals surface area contributed by atoms with E-state index in [0.29, 0.717) is 0 Å². The minimum atomic E-state index is -1.26. The number of aliphatic carboxylic acids is 1. The van der Waals surface area contributed by atoms with Crippen molar-refractivity contribution in [3.05, 3.63) is 0 Å².